The van der Waals surface area contributed by atoms with Crippen LogP contribution in [0.15, 0.2) is 48.8 Å². The smallest absolute Gasteiger partial charge is 0.433 e. The molecule has 2 fully saturated rings. The number of pyridine rings is 1. The molecule has 12 nitrogen and oxygen atoms in total. The Hall–Kier alpha value is -5.47. The van der Waals surface area contributed by atoms with E-state index >= 15 is 0 Å². The molecule has 0 spiro atoms. The Labute approximate surface area is 296 Å². The van der Waals surface area contributed by atoms with Gasteiger partial charge in [0.25, 0.3) is 0 Å². The summed E-state index contributed by atoms with van der Waals surface area (Å²) in [6.45, 7) is 4.37. The number of aromatic nitrogens is 5. The highest BCUT2D eigenvalue weighted by Gasteiger charge is 2.68. The van der Waals surface area contributed by atoms with Crippen LogP contribution in [-0.2, 0) is 38.3 Å². The first kappa shape index (κ1) is 35.0. The van der Waals surface area contributed by atoms with Gasteiger partial charge in [0.05, 0.1) is 12.1 Å². The molecule has 0 radical (unpaired) electrons. The summed E-state index contributed by atoms with van der Waals surface area (Å²) < 4.78 is 47.6. The number of allylic oxidation sites excluding steroid dienone is 2. The van der Waals surface area contributed by atoms with Crippen LogP contribution in [0.1, 0.15) is 72.2 Å². The second kappa shape index (κ2) is 13.3. The summed E-state index contributed by atoms with van der Waals surface area (Å²) >= 11 is 0. The molecule has 3 aliphatic rings. The standard InChI is InChI=1S/C37H36F3N7O5/c1-20-10-11-28(37(38,39)40)43-34(20)44-35(51)27-14-36-15-29(36)47(27)30(49)18-46-33-23(8-6-4-5-7-9-31(50)52-19-36)12-24(25-16-41-22(3)42-17-25)13-26(33)32(45-46)21(2)48/h4,6,10-13,16-17,27,29H,5,7-9,14-15,18-19H2,1-3H3,(H,43,44,51)/t27-,29+,36-/m0/s1. The molecule has 5 heterocycles. The number of ketones is 1. The van der Waals surface area contributed by atoms with Gasteiger partial charge >= 0.3 is 12.1 Å². The van der Waals surface area contributed by atoms with Crippen molar-refractivity contribution in [2.45, 2.75) is 84.1 Å². The van der Waals surface area contributed by atoms with E-state index in [1.165, 1.54) is 29.5 Å². The molecule has 2 amide bonds. The predicted octanol–water partition coefficient (Wildman–Crippen LogP) is 5.55. The second-order valence-corrected chi connectivity index (χ2v) is 13.8. The Bertz CT molecular complexity index is 2150. The number of esters is 1. The largest absolute Gasteiger partial charge is 0.465 e. The molecule has 2 aliphatic heterocycles. The fourth-order valence-electron chi connectivity index (χ4n) is 7.27. The third-order valence-corrected chi connectivity index (χ3v) is 10.1. The summed E-state index contributed by atoms with van der Waals surface area (Å²) in [6.07, 6.45) is 4.98. The van der Waals surface area contributed by atoms with Gasteiger partial charge in [-0.3, -0.25) is 23.9 Å². The number of Topliss-reactive ketones (excluding diaryl/α,β-unsaturated/α-hetero) is 1. The van der Waals surface area contributed by atoms with Gasteiger partial charge in [-0.1, -0.05) is 18.2 Å². The number of hydrogen-bond acceptors (Lipinski definition) is 9. The molecule has 3 atom stereocenters. The number of anilines is 1. The van der Waals surface area contributed by atoms with Crippen LogP contribution in [0.25, 0.3) is 22.0 Å². The molecule has 2 bridgehead atoms. The molecule has 1 saturated carbocycles. The van der Waals surface area contributed by atoms with Crippen LogP contribution in [0.4, 0.5) is 19.0 Å². The van der Waals surface area contributed by atoms with Gasteiger partial charge < -0.3 is 15.0 Å². The number of ether oxygens (including phenoxy) is 1. The average Bonchev–Trinajstić information content (AvgIpc) is 3.50. The maximum absolute atomic E-state index is 14.4. The van der Waals surface area contributed by atoms with Gasteiger partial charge in [-0.15, -0.1) is 0 Å². The minimum absolute atomic E-state index is 0.00439. The number of nitrogens with one attached hydrogen (secondary N) is 1. The summed E-state index contributed by atoms with van der Waals surface area (Å²) in [5.74, 6) is -1.54. The van der Waals surface area contributed by atoms with E-state index in [4.69, 9.17) is 4.74 Å². The van der Waals surface area contributed by atoms with Gasteiger partial charge in [0.15, 0.2) is 5.78 Å². The molecule has 4 aromatic rings. The molecular formula is C37H36F3N7O5. The van der Waals surface area contributed by atoms with E-state index in [9.17, 15) is 32.3 Å². The highest BCUT2D eigenvalue weighted by atomic mass is 19.4. The molecule has 7 rings (SSSR count). The predicted molar refractivity (Wildman–Crippen MR) is 182 cm³/mol. The summed E-state index contributed by atoms with van der Waals surface area (Å²) in [5, 5.41) is 7.70. The topological polar surface area (TPSA) is 149 Å². The van der Waals surface area contributed by atoms with Gasteiger partial charge in [-0.25, -0.2) is 15.0 Å². The summed E-state index contributed by atoms with van der Waals surface area (Å²) in [5.41, 5.74) is 1.48. The van der Waals surface area contributed by atoms with Crippen LogP contribution in [0, 0.1) is 19.3 Å². The Morgan fingerprint density at radius 3 is 2.54 bits per heavy atom. The third kappa shape index (κ3) is 6.66. The van der Waals surface area contributed by atoms with Crippen LogP contribution < -0.4 is 5.32 Å². The quantitative estimate of drug-likeness (QED) is 0.163. The average molecular weight is 716 g/mol. The third-order valence-electron chi connectivity index (χ3n) is 10.1. The van der Waals surface area contributed by atoms with E-state index in [0.29, 0.717) is 48.0 Å². The highest BCUT2D eigenvalue weighted by Crippen LogP contribution is 2.60. The first-order chi connectivity index (χ1) is 24.7. The van der Waals surface area contributed by atoms with Gasteiger partial charge in [-0.2, -0.15) is 18.3 Å². The lowest BCUT2D eigenvalue weighted by molar-refractivity contribution is -0.145. The van der Waals surface area contributed by atoms with Crippen molar-refractivity contribution in [3.05, 3.63) is 77.2 Å². The highest BCUT2D eigenvalue weighted by molar-refractivity contribution is 6.07. The van der Waals surface area contributed by atoms with Crippen molar-refractivity contribution in [2.75, 3.05) is 11.9 Å². The molecule has 1 aromatic carbocycles. The Kier molecular flexibility index (Phi) is 8.91. The van der Waals surface area contributed by atoms with Crippen LogP contribution in [0.5, 0.6) is 0 Å². The van der Waals surface area contributed by atoms with Crippen molar-refractivity contribution in [1.29, 1.82) is 0 Å². The number of carbonyl (C=O) groups is 4. The van der Waals surface area contributed by atoms with E-state index in [0.717, 1.165) is 22.8 Å². The molecule has 1 N–H and O–H groups in total. The number of alkyl halides is 3. The first-order valence-electron chi connectivity index (χ1n) is 17.0. The number of benzene rings is 1. The number of carbonyl (C=O) groups excluding carboxylic acids is 4. The van der Waals surface area contributed by atoms with Gasteiger partial charge in [0.2, 0.25) is 11.8 Å². The lowest BCUT2D eigenvalue weighted by Gasteiger charge is -2.27. The van der Waals surface area contributed by atoms with Crippen molar-refractivity contribution >= 4 is 40.3 Å². The number of piperidine rings is 1. The molecule has 52 heavy (non-hydrogen) atoms. The molecule has 1 saturated heterocycles. The number of hydrogen-bond donors (Lipinski definition) is 1. The number of rotatable bonds is 4. The zero-order valence-electron chi connectivity index (χ0n) is 28.8. The van der Waals surface area contributed by atoms with E-state index in [1.807, 2.05) is 24.3 Å². The SMILES string of the molecule is CC(=O)c1nn2c3c(cc(-c4cnc(C)nc4)cc13)CC=CCCCC(=O)OC[C@@]13C[C@@H](C(=O)Nc4nc(C(F)(F)F)ccc4C)N(C(=O)C2)[C@@H]1C3. The molecule has 1 aliphatic carbocycles. The monoisotopic (exact) mass is 715 g/mol. The van der Waals surface area contributed by atoms with Gasteiger partial charge in [0, 0.05) is 48.1 Å². The zero-order valence-corrected chi connectivity index (χ0v) is 28.8. The number of amides is 2. The maximum atomic E-state index is 14.4. The first-order valence-corrected chi connectivity index (χ1v) is 17.0. The molecule has 270 valence electrons. The van der Waals surface area contributed by atoms with Crippen molar-refractivity contribution in [3.8, 4) is 11.1 Å². The van der Waals surface area contributed by atoms with Crippen LogP contribution in [0.3, 0.4) is 0 Å². The summed E-state index contributed by atoms with van der Waals surface area (Å²) in [7, 11) is 0. The molecular weight excluding hydrogens is 679 g/mol. The van der Waals surface area contributed by atoms with Gasteiger partial charge in [0.1, 0.15) is 35.6 Å². The zero-order chi connectivity index (χ0) is 36.9. The molecule has 15 heteroatoms. The number of nitrogens with zero attached hydrogens (tertiary/aromatic N) is 6. The van der Waals surface area contributed by atoms with E-state index in [1.54, 1.807) is 19.3 Å². The Balaban J connectivity index is 1.29. The van der Waals surface area contributed by atoms with E-state index in [2.05, 4.69) is 25.4 Å². The number of aryl methyl sites for hydroxylation is 2. The normalized spacial score (nSPS) is 22.2. The Morgan fingerprint density at radius 1 is 1.04 bits per heavy atom. The van der Waals surface area contributed by atoms with Crippen molar-refractivity contribution < 1.29 is 37.1 Å². The lowest BCUT2D eigenvalue weighted by atomic mass is 9.98. The van der Waals surface area contributed by atoms with Crippen molar-refractivity contribution in [3.63, 3.8) is 0 Å². The van der Waals surface area contributed by atoms with E-state index < -0.39 is 41.2 Å². The number of cyclic esters (lactones) is 1. The molecule has 3 aromatic heterocycles. The van der Waals surface area contributed by atoms with Crippen LogP contribution in [0.2, 0.25) is 0 Å². The Morgan fingerprint density at radius 2 is 1.81 bits per heavy atom. The fourth-order valence-corrected chi connectivity index (χ4v) is 7.27. The van der Waals surface area contributed by atoms with E-state index in [-0.39, 0.29) is 49.3 Å². The second-order valence-electron chi connectivity index (χ2n) is 13.8. The lowest BCUT2D eigenvalue weighted by Crippen LogP contribution is -2.47. The van der Waals surface area contributed by atoms with Crippen LogP contribution in [-0.4, -0.2) is 71.9 Å². The fraction of sp³-hybridized carbons (Fsp3) is 0.405. The number of halogens is 3. The minimum atomic E-state index is -4.73. The minimum Gasteiger partial charge on any atom is -0.465 e. The van der Waals surface area contributed by atoms with Crippen LogP contribution >= 0.6 is 0 Å². The van der Waals surface area contributed by atoms with Crippen molar-refractivity contribution in [1.82, 2.24) is 29.6 Å². The maximum Gasteiger partial charge on any atom is 0.433 e. The molecule has 0 unspecified atom stereocenters. The summed E-state index contributed by atoms with van der Waals surface area (Å²) in [6, 6.07) is 4.27. The van der Waals surface area contributed by atoms with Gasteiger partial charge in [-0.05, 0) is 80.8 Å². The van der Waals surface area contributed by atoms with Crippen molar-refractivity contribution in [2.24, 2.45) is 5.41 Å². The summed E-state index contributed by atoms with van der Waals surface area (Å²) in [4.78, 5) is 67.7.